The number of para-hydroxylation sites is 1. The molecule has 31 heavy (non-hydrogen) atoms. The Bertz CT molecular complexity index is 991. The van der Waals surface area contributed by atoms with Crippen LogP contribution in [0.2, 0.25) is 0 Å². The molecule has 0 fully saturated rings. The van der Waals surface area contributed by atoms with Gasteiger partial charge in [-0.15, -0.1) is 0 Å². The first kappa shape index (κ1) is 22.6. The predicted octanol–water partition coefficient (Wildman–Crippen LogP) is 5.22. The number of aromatic nitrogens is 1. The van der Waals surface area contributed by atoms with Gasteiger partial charge in [0.2, 0.25) is 0 Å². The maximum atomic E-state index is 12.8. The molecule has 0 atom stereocenters. The number of unbranched alkanes of at least 4 members (excludes halogenated alkanes) is 3. The van der Waals surface area contributed by atoms with E-state index in [4.69, 9.17) is 0 Å². The molecule has 0 unspecified atom stereocenters. The molecule has 2 amide bonds. The second-order valence-electron chi connectivity index (χ2n) is 7.19. The summed E-state index contributed by atoms with van der Waals surface area (Å²) in [5, 5.41) is 5.83. The Hall–Kier alpha value is -3.12. The summed E-state index contributed by atoms with van der Waals surface area (Å²) in [6, 6.07) is 20.2. The Balaban J connectivity index is 1.64. The standard InChI is InChI=1S/C25H27N3O2S/c29-24(27-16-6-1-2-7-18-31)20-14-12-19(13-15-20)22-11-8-17-26-23(22)25(30)28-21-9-4-3-5-10-21/h3-5,8-15,17,31H,1-2,6-7,16,18H2,(H,27,29)(H,28,30). The SMILES string of the molecule is O=C(NCCCCCCS)c1ccc(-c2cccnc2C(=O)Nc2ccccc2)cc1. The maximum Gasteiger partial charge on any atom is 0.274 e. The second-order valence-corrected chi connectivity index (χ2v) is 7.64. The molecule has 6 heteroatoms. The van der Waals surface area contributed by atoms with Crippen LogP contribution in [0.4, 0.5) is 5.69 Å². The van der Waals surface area contributed by atoms with Crippen molar-refractivity contribution in [2.75, 3.05) is 17.6 Å². The van der Waals surface area contributed by atoms with Crippen LogP contribution in [0, 0.1) is 0 Å². The summed E-state index contributed by atoms with van der Waals surface area (Å²) in [5.41, 5.74) is 3.19. The quantitative estimate of drug-likeness (QED) is 0.303. The zero-order valence-corrected chi connectivity index (χ0v) is 18.3. The van der Waals surface area contributed by atoms with E-state index in [2.05, 4.69) is 28.2 Å². The van der Waals surface area contributed by atoms with Gasteiger partial charge in [0.1, 0.15) is 5.69 Å². The molecule has 1 heterocycles. The average molecular weight is 434 g/mol. The number of pyridine rings is 1. The summed E-state index contributed by atoms with van der Waals surface area (Å²) in [4.78, 5) is 29.4. The van der Waals surface area contributed by atoms with Crippen molar-refractivity contribution in [2.24, 2.45) is 0 Å². The topological polar surface area (TPSA) is 71.1 Å². The summed E-state index contributed by atoms with van der Waals surface area (Å²) in [6.07, 6.45) is 5.90. The van der Waals surface area contributed by atoms with E-state index in [0.717, 1.165) is 37.0 Å². The number of hydrogen-bond acceptors (Lipinski definition) is 4. The molecular weight excluding hydrogens is 406 g/mol. The van der Waals surface area contributed by atoms with Crippen LogP contribution in [0.5, 0.6) is 0 Å². The van der Waals surface area contributed by atoms with Crippen LogP contribution in [0.15, 0.2) is 72.9 Å². The van der Waals surface area contributed by atoms with Gasteiger partial charge < -0.3 is 10.6 Å². The zero-order valence-electron chi connectivity index (χ0n) is 17.4. The molecule has 1 aromatic heterocycles. The monoisotopic (exact) mass is 433 g/mol. The first-order valence-electron chi connectivity index (χ1n) is 10.5. The van der Waals surface area contributed by atoms with E-state index in [1.165, 1.54) is 0 Å². The maximum absolute atomic E-state index is 12.8. The van der Waals surface area contributed by atoms with Crippen molar-refractivity contribution in [3.05, 3.63) is 84.2 Å². The van der Waals surface area contributed by atoms with Crippen molar-refractivity contribution in [1.29, 1.82) is 0 Å². The fourth-order valence-corrected chi connectivity index (χ4v) is 3.45. The Morgan fingerprint density at radius 1 is 0.806 bits per heavy atom. The van der Waals surface area contributed by atoms with Crippen LogP contribution in [0.3, 0.4) is 0 Å². The third-order valence-corrected chi connectivity index (χ3v) is 5.20. The molecule has 2 N–H and O–H groups in total. The molecule has 3 rings (SSSR count). The Kier molecular flexibility index (Phi) is 8.67. The van der Waals surface area contributed by atoms with Crippen LogP contribution >= 0.6 is 12.6 Å². The predicted molar refractivity (Wildman–Crippen MR) is 129 cm³/mol. The molecule has 0 aliphatic rings. The largest absolute Gasteiger partial charge is 0.352 e. The lowest BCUT2D eigenvalue weighted by molar-refractivity contribution is 0.0952. The van der Waals surface area contributed by atoms with Gasteiger partial charge in [0.25, 0.3) is 11.8 Å². The number of carbonyl (C=O) groups is 2. The van der Waals surface area contributed by atoms with E-state index in [-0.39, 0.29) is 11.8 Å². The van der Waals surface area contributed by atoms with Gasteiger partial charge >= 0.3 is 0 Å². The van der Waals surface area contributed by atoms with Gasteiger partial charge in [-0.2, -0.15) is 12.6 Å². The van der Waals surface area contributed by atoms with Crippen LogP contribution in [-0.2, 0) is 0 Å². The van der Waals surface area contributed by atoms with Crippen molar-refractivity contribution in [2.45, 2.75) is 25.7 Å². The first-order valence-corrected chi connectivity index (χ1v) is 11.1. The van der Waals surface area contributed by atoms with Crippen LogP contribution in [0.25, 0.3) is 11.1 Å². The Morgan fingerprint density at radius 2 is 1.55 bits per heavy atom. The van der Waals surface area contributed by atoms with E-state index in [1.54, 1.807) is 24.4 Å². The number of amides is 2. The van der Waals surface area contributed by atoms with Crippen molar-refractivity contribution in [3.8, 4) is 11.1 Å². The molecule has 5 nitrogen and oxygen atoms in total. The number of nitrogens with zero attached hydrogens (tertiary/aromatic N) is 1. The molecule has 0 bridgehead atoms. The first-order chi connectivity index (χ1) is 15.2. The van der Waals surface area contributed by atoms with Crippen molar-refractivity contribution in [3.63, 3.8) is 0 Å². The molecule has 2 aromatic carbocycles. The van der Waals surface area contributed by atoms with Gasteiger partial charge in [0.15, 0.2) is 0 Å². The lowest BCUT2D eigenvalue weighted by atomic mass is 10.0. The average Bonchev–Trinajstić information content (AvgIpc) is 2.82. The van der Waals surface area contributed by atoms with Crippen molar-refractivity contribution < 1.29 is 9.59 Å². The normalized spacial score (nSPS) is 10.5. The number of nitrogens with one attached hydrogen (secondary N) is 2. The minimum atomic E-state index is -0.276. The third kappa shape index (κ3) is 6.69. The summed E-state index contributed by atoms with van der Waals surface area (Å²) in [5.74, 6) is 0.543. The Morgan fingerprint density at radius 3 is 2.29 bits per heavy atom. The summed E-state index contributed by atoms with van der Waals surface area (Å²) < 4.78 is 0. The highest BCUT2D eigenvalue weighted by atomic mass is 32.1. The highest BCUT2D eigenvalue weighted by molar-refractivity contribution is 7.80. The molecule has 160 valence electrons. The molecule has 0 radical (unpaired) electrons. The lowest BCUT2D eigenvalue weighted by Gasteiger charge is -2.10. The number of benzene rings is 2. The van der Waals surface area contributed by atoms with Crippen LogP contribution in [-0.4, -0.2) is 29.1 Å². The minimum absolute atomic E-state index is 0.0889. The van der Waals surface area contributed by atoms with Gasteiger partial charge in [-0.25, -0.2) is 0 Å². The summed E-state index contributed by atoms with van der Waals surface area (Å²) in [6.45, 7) is 0.666. The third-order valence-electron chi connectivity index (χ3n) is 4.88. The molecule has 0 aliphatic heterocycles. The number of anilines is 1. The van der Waals surface area contributed by atoms with E-state index < -0.39 is 0 Å². The van der Waals surface area contributed by atoms with E-state index in [0.29, 0.717) is 29.1 Å². The molecular formula is C25H27N3O2S. The highest BCUT2D eigenvalue weighted by Crippen LogP contribution is 2.23. The number of rotatable bonds is 10. The minimum Gasteiger partial charge on any atom is -0.352 e. The molecule has 3 aromatic rings. The molecule has 0 aliphatic carbocycles. The van der Waals surface area contributed by atoms with E-state index in [9.17, 15) is 9.59 Å². The van der Waals surface area contributed by atoms with Gasteiger partial charge in [-0.1, -0.05) is 49.2 Å². The molecule has 0 saturated carbocycles. The zero-order chi connectivity index (χ0) is 21.9. The van der Waals surface area contributed by atoms with E-state index in [1.807, 2.05) is 48.5 Å². The highest BCUT2D eigenvalue weighted by Gasteiger charge is 2.15. The van der Waals surface area contributed by atoms with Gasteiger partial charge in [0.05, 0.1) is 0 Å². The van der Waals surface area contributed by atoms with Crippen LogP contribution in [0.1, 0.15) is 46.5 Å². The Labute approximate surface area is 188 Å². The number of hydrogen-bond donors (Lipinski definition) is 3. The smallest absolute Gasteiger partial charge is 0.274 e. The van der Waals surface area contributed by atoms with Gasteiger partial charge in [0, 0.05) is 29.6 Å². The summed E-state index contributed by atoms with van der Waals surface area (Å²) >= 11 is 4.20. The number of thiol groups is 1. The molecule has 0 saturated heterocycles. The second kappa shape index (κ2) is 11.9. The lowest BCUT2D eigenvalue weighted by Crippen LogP contribution is -2.24. The van der Waals surface area contributed by atoms with Crippen LogP contribution < -0.4 is 10.6 Å². The summed E-state index contributed by atoms with van der Waals surface area (Å²) in [7, 11) is 0. The van der Waals surface area contributed by atoms with Crippen molar-refractivity contribution >= 4 is 30.1 Å². The number of carbonyl (C=O) groups excluding carboxylic acids is 2. The van der Waals surface area contributed by atoms with Gasteiger partial charge in [-0.3, -0.25) is 14.6 Å². The van der Waals surface area contributed by atoms with E-state index >= 15 is 0 Å². The fourth-order valence-electron chi connectivity index (χ4n) is 3.23. The van der Waals surface area contributed by atoms with Crippen molar-refractivity contribution in [1.82, 2.24) is 10.3 Å². The molecule has 0 spiro atoms. The fraction of sp³-hybridized carbons (Fsp3) is 0.240. The van der Waals surface area contributed by atoms with Gasteiger partial charge in [-0.05, 0) is 54.5 Å².